The maximum atomic E-state index is 12.7. The molecule has 1 N–H and O–H groups in total. The van der Waals surface area contributed by atoms with Crippen molar-refractivity contribution >= 4 is 40.6 Å². The Labute approximate surface area is 233 Å². The van der Waals surface area contributed by atoms with Gasteiger partial charge in [-0.05, 0) is 42.0 Å². The second-order valence-corrected chi connectivity index (χ2v) is 9.47. The molecule has 0 aliphatic carbocycles. The molecule has 0 unspecified atom stereocenters. The van der Waals surface area contributed by atoms with Crippen molar-refractivity contribution in [3.8, 4) is 40.0 Å². The highest BCUT2D eigenvalue weighted by Gasteiger charge is 2.19. The Morgan fingerprint density at radius 1 is 1.05 bits per heavy atom. The summed E-state index contributed by atoms with van der Waals surface area (Å²) < 4.78 is 10.8. The fourth-order valence-electron chi connectivity index (χ4n) is 3.76. The molecular formula is C28H21ClN4O5S. The molecule has 39 heavy (non-hydrogen) atoms. The highest BCUT2D eigenvalue weighted by atomic mass is 35.5. The number of anilines is 1. The number of ether oxygens (including phenoxy) is 2. The predicted molar refractivity (Wildman–Crippen MR) is 150 cm³/mol. The number of nitro groups is 1. The first-order valence-electron chi connectivity index (χ1n) is 11.4. The third kappa shape index (κ3) is 6.46. The highest BCUT2D eigenvalue weighted by Crippen LogP contribution is 2.38. The molecule has 196 valence electrons. The molecule has 1 aromatic heterocycles. The number of nitro benzene ring substituents is 1. The standard InChI is InChI=1S/C28H21ClN4O5S/c1-37-25-11-8-18(12-26(25)38-2)22-14-24(17-6-9-19(29)10-7-17)32-28(23(22)15-30)39-16-27(34)31-20-4-3-5-21(13-20)33(35)36/h3-14H,16H2,1-2H3,(H,31,34). The number of nitrogens with one attached hydrogen (secondary N) is 1. The summed E-state index contributed by atoms with van der Waals surface area (Å²) in [5, 5.41) is 24.7. The Balaban J connectivity index is 1.71. The lowest BCUT2D eigenvalue weighted by atomic mass is 9.99. The predicted octanol–water partition coefficient (Wildman–Crippen LogP) is 6.60. The quantitative estimate of drug-likeness (QED) is 0.138. The minimum atomic E-state index is -0.536. The molecule has 0 saturated heterocycles. The van der Waals surface area contributed by atoms with Crippen LogP contribution in [0.4, 0.5) is 11.4 Å². The molecule has 0 aliphatic rings. The molecule has 1 amide bonds. The van der Waals surface area contributed by atoms with Crippen LogP contribution in [0.3, 0.4) is 0 Å². The summed E-state index contributed by atoms with van der Waals surface area (Å²) in [6, 6.07) is 22.1. The molecule has 9 nitrogen and oxygen atoms in total. The largest absolute Gasteiger partial charge is 0.493 e. The van der Waals surface area contributed by atoms with Crippen molar-refractivity contribution in [2.45, 2.75) is 5.03 Å². The van der Waals surface area contributed by atoms with Crippen molar-refractivity contribution in [1.82, 2.24) is 4.98 Å². The van der Waals surface area contributed by atoms with E-state index in [4.69, 9.17) is 26.1 Å². The number of amides is 1. The van der Waals surface area contributed by atoms with Crippen LogP contribution in [0.15, 0.2) is 77.8 Å². The van der Waals surface area contributed by atoms with E-state index in [1.165, 1.54) is 32.4 Å². The Morgan fingerprint density at radius 3 is 2.44 bits per heavy atom. The Hall–Kier alpha value is -4.59. The molecule has 0 spiro atoms. The van der Waals surface area contributed by atoms with E-state index in [-0.39, 0.29) is 17.0 Å². The van der Waals surface area contributed by atoms with Gasteiger partial charge in [0.2, 0.25) is 5.91 Å². The van der Waals surface area contributed by atoms with Gasteiger partial charge in [-0.15, -0.1) is 0 Å². The molecule has 0 atom stereocenters. The van der Waals surface area contributed by atoms with E-state index in [1.807, 2.05) is 18.2 Å². The van der Waals surface area contributed by atoms with Crippen LogP contribution in [0.2, 0.25) is 5.02 Å². The topological polar surface area (TPSA) is 127 Å². The molecular weight excluding hydrogens is 540 g/mol. The number of non-ortho nitro benzene ring substituents is 1. The lowest BCUT2D eigenvalue weighted by molar-refractivity contribution is -0.384. The van der Waals surface area contributed by atoms with Crippen LogP contribution in [0.1, 0.15) is 5.56 Å². The molecule has 0 fully saturated rings. The van der Waals surface area contributed by atoms with Crippen molar-refractivity contribution in [3.63, 3.8) is 0 Å². The van der Waals surface area contributed by atoms with Crippen molar-refractivity contribution in [3.05, 3.63) is 93.5 Å². The lowest BCUT2D eigenvalue weighted by Gasteiger charge is -2.14. The van der Waals surface area contributed by atoms with Crippen LogP contribution in [0.25, 0.3) is 22.4 Å². The number of thioether (sulfide) groups is 1. The fraction of sp³-hybridized carbons (Fsp3) is 0.107. The van der Waals surface area contributed by atoms with Gasteiger partial charge in [-0.1, -0.05) is 47.6 Å². The van der Waals surface area contributed by atoms with E-state index in [1.54, 1.807) is 36.4 Å². The van der Waals surface area contributed by atoms with Crippen LogP contribution in [-0.2, 0) is 4.79 Å². The van der Waals surface area contributed by atoms with Gasteiger partial charge in [-0.2, -0.15) is 5.26 Å². The van der Waals surface area contributed by atoms with Gasteiger partial charge in [0, 0.05) is 34.0 Å². The zero-order valence-electron chi connectivity index (χ0n) is 20.8. The van der Waals surface area contributed by atoms with E-state index >= 15 is 0 Å². The van der Waals surface area contributed by atoms with Crippen LogP contribution >= 0.6 is 23.4 Å². The third-order valence-corrected chi connectivity index (χ3v) is 6.84. The second-order valence-electron chi connectivity index (χ2n) is 8.07. The summed E-state index contributed by atoms with van der Waals surface area (Å²) in [5.41, 5.74) is 3.09. The Morgan fingerprint density at radius 2 is 1.77 bits per heavy atom. The van der Waals surface area contributed by atoms with E-state index < -0.39 is 10.8 Å². The normalized spacial score (nSPS) is 10.4. The number of pyridine rings is 1. The minimum absolute atomic E-state index is 0.0835. The molecule has 0 saturated carbocycles. The molecule has 11 heteroatoms. The first-order chi connectivity index (χ1) is 18.8. The first kappa shape index (κ1) is 27.4. The third-order valence-electron chi connectivity index (χ3n) is 5.61. The number of aromatic nitrogens is 1. The molecule has 4 rings (SSSR count). The van der Waals surface area contributed by atoms with Gasteiger partial charge < -0.3 is 14.8 Å². The number of carbonyl (C=O) groups excluding carboxylic acids is 1. The van der Waals surface area contributed by atoms with Gasteiger partial charge in [0.15, 0.2) is 11.5 Å². The van der Waals surface area contributed by atoms with Crippen LogP contribution in [0, 0.1) is 21.4 Å². The first-order valence-corrected chi connectivity index (χ1v) is 12.8. The highest BCUT2D eigenvalue weighted by molar-refractivity contribution is 8.00. The number of hydrogen-bond donors (Lipinski definition) is 1. The number of nitrogens with zero attached hydrogens (tertiary/aromatic N) is 3. The van der Waals surface area contributed by atoms with Crippen LogP contribution < -0.4 is 14.8 Å². The molecule has 4 aromatic rings. The number of methoxy groups -OCH3 is 2. The van der Waals surface area contributed by atoms with E-state index in [2.05, 4.69) is 11.4 Å². The Kier molecular flexibility index (Phi) is 8.66. The maximum absolute atomic E-state index is 12.7. The maximum Gasteiger partial charge on any atom is 0.271 e. The number of nitriles is 1. The van der Waals surface area contributed by atoms with E-state index in [9.17, 15) is 20.2 Å². The monoisotopic (exact) mass is 560 g/mol. The van der Waals surface area contributed by atoms with E-state index in [0.29, 0.717) is 44.1 Å². The molecule has 0 aliphatic heterocycles. The van der Waals surface area contributed by atoms with Crippen molar-refractivity contribution in [2.75, 3.05) is 25.3 Å². The van der Waals surface area contributed by atoms with Crippen LogP contribution in [-0.4, -0.2) is 35.8 Å². The lowest BCUT2D eigenvalue weighted by Crippen LogP contribution is -2.14. The zero-order valence-corrected chi connectivity index (χ0v) is 22.4. The number of halogens is 1. The van der Waals surface area contributed by atoms with Gasteiger partial charge in [0.25, 0.3) is 5.69 Å². The van der Waals surface area contributed by atoms with Gasteiger partial charge in [-0.25, -0.2) is 4.98 Å². The number of carbonyl (C=O) groups is 1. The SMILES string of the molecule is COc1ccc(-c2cc(-c3ccc(Cl)cc3)nc(SCC(=O)Nc3cccc([N+](=O)[O-])c3)c2C#N)cc1OC. The molecule has 1 heterocycles. The van der Waals surface area contributed by atoms with Crippen molar-refractivity contribution < 1.29 is 19.2 Å². The van der Waals surface area contributed by atoms with Crippen LogP contribution in [0.5, 0.6) is 11.5 Å². The minimum Gasteiger partial charge on any atom is -0.493 e. The molecule has 3 aromatic carbocycles. The molecule has 0 bridgehead atoms. The smallest absolute Gasteiger partial charge is 0.271 e. The summed E-state index contributed by atoms with van der Waals surface area (Å²) >= 11 is 7.16. The van der Waals surface area contributed by atoms with Gasteiger partial charge in [0.1, 0.15) is 11.1 Å². The summed E-state index contributed by atoms with van der Waals surface area (Å²) in [5.74, 6) is 0.545. The zero-order chi connectivity index (χ0) is 27.9. The summed E-state index contributed by atoms with van der Waals surface area (Å²) in [6.07, 6.45) is 0. The van der Waals surface area contributed by atoms with E-state index in [0.717, 1.165) is 17.3 Å². The van der Waals surface area contributed by atoms with Gasteiger partial charge in [0.05, 0.1) is 36.2 Å². The summed E-state index contributed by atoms with van der Waals surface area (Å²) in [7, 11) is 3.07. The average Bonchev–Trinajstić information content (AvgIpc) is 2.95. The number of hydrogen-bond acceptors (Lipinski definition) is 8. The summed E-state index contributed by atoms with van der Waals surface area (Å²) in [6.45, 7) is 0. The number of rotatable bonds is 9. The second kappa shape index (κ2) is 12.3. The van der Waals surface area contributed by atoms with Crippen molar-refractivity contribution in [2.24, 2.45) is 0 Å². The molecule has 0 radical (unpaired) electrons. The Bertz CT molecular complexity index is 1590. The summed E-state index contributed by atoms with van der Waals surface area (Å²) in [4.78, 5) is 27.9. The number of benzene rings is 3. The van der Waals surface area contributed by atoms with Gasteiger partial charge in [-0.3, -0.25) is 14.9 Å². The van der Waals surface area contributed by atoms with Gasteiger partial charge >= 0.3 is 0 Å². The van der Waals surface area contributed by atoms with Crippen molar-refractivity contribution in [1.29, 1.82) is 5.26 Å². The fourth-order valence-corrected chi connectivity index (χ4v) is 4.69. The average molecular weight is 561 g/mol.